The molecule has 0 aliphatic carbocycles. The number of hydrogen-bond donors (Lipinski definition) is 0. The molecule has 5 heteroatoms. The molecule has 1 aliphatic rings. The van der Waals surface area contributed by atoms with Gasteiger partial charge in [0.15, 0.2) is 5.17 Å². The van der Waals surface area contributed by atoms with Crippen LogP contribution in [0.2, 0.25) is 0 Å². The van der Waals surface area contributed by atoms with Crippen LogP contribution in [0.5, 0.6) is 0 Å². The van der Waals surface area contributed by atoms with Crippen molar-refractivity contribution in [1.29, 1.82) is 0 Å². The van der Waals surface area contributed by atoms with E-state index in [1.807, 2.05) is 32.0 Å². The van der Waals surface area contributed by atoms with Gasteiger partial charge in [0.25, 0.3) is 5.91 Å². The van der Waals surface area contributed by atoms with Crippen molar-refractivity contribution in [2.75, 3.05) is 13.1 Å². The van der Waals surface area contributed by atoms with Crippen LogP contribution in [0.15, 0.2) is 47.5 Å². The topological polar surface area (TPSA) is 32.7 Å². The van der Waals surface area contributed by atoms with Crippen LogP contribution in [0.3, 0.4) is 0 Å². The van der Waals surface area contributed by atoms with Crippen molar-refractivity contribution >= 4 is 22.8 Å². The Hall–Kier alpha value is -2.14. The number of amides is 1. The van der Waals surface area contributed by atoms with E-state index in [0.717, 1.165) is 16.7 Å². The number of rotatable bonds is 3. The summed E-state index contributed by atoms with van der Waals surface area (Å²) in [6.45, 7) is 5.18. The summed E-state index contributed by atoms with van der Waals surface area (Å²) in [5.74, 6) is 0.321. The number of hydrogen-bond acceptors (Lipinski definition) is 3. The molecule has 0 spiro atoms. The number of aliphatic imine (C=N–C) groups is 1. The SMILES string of the molecule is Cc1cc(C)cc(C(=O)N2CCN=C2SCc2cccc(F)c2)c1. The highest BCUT2D eigenvalue weighted by atomic mass is 32.2. The minimum Gasteiger partial charge on any atom is -0.286 e. The molecule has 0 bridgehead atoms. The Morgan fingerprint density at radius 3 is 2.67 bits per heavy atom. The van der Waals surface area contributed by atoms with Gasteiger partial charge in [-0.05, 0) is 43.7 Å². The standard InChI is InChI=1S/C19H19FN2OS/c1-13-8-14(2)10-16(9-13)18(23)22-7-6-21-19(22)24-12-15-4-3-5-17(20)11-15/h3-5,8-11H,6-7,12H2,1-2H3. The van der Waals surface area contributed by atoms with Gasteiger partial charge in [-0.15, -0.1) is 0 Å². The third-order valence-corrected chi connectivity index (χ3v) is 4.86. The van der Waals surface area contributed by atoms with Crippen molar-refractivity contribution in [2.45, 2.75) is 19.6 Å². The van der Waals surface area contributed by atoms with E-state index in [1.54, 1.807) is 11.0 Å². The molecule has 0 aromatic heterocycles. The molecule has 1 heterocycles. The monoisotopic (exact) mass is 342 g/mol. The number of thioether (sulfide) groups is 1. The summed E-state index contributed by atoms with van der Waals surface area (Å²) in [6, 6.07) is 12.4. The van der Waals surface area contributed by atoms with Crippen LogP contribution in [0.25, 0.3) is 0 Å². The Labute approximate surface area is 145 Å². The maximum absolute atomic E-state index is 13.3. The van der Waals surface area contributed by atoms with Crippen LogP contribution in [0, 0.1) is 19.7 Å². The van der Waals surface area contributed by atoms with E-state index in [0.29, 0.717) is 29.6 Å². The van der Waals surface area contributed by atoms with Gasteiger partial charge in [0.05, 0.1) is 6.54 Å². The molecule has 2 aromatic rings. The predicted octanol–water partition coefficient (Wildman–Crippen LogP) is 4.19. The molecular weight excluding hydrogens is 323 g/mol. The summed E-state index contributed by atoms with van der Waals surface area (Å²) in [6.07, 6.45) is 0. The summed E-state index contributed by atoms with van der Waals surface area (Å²) in [7, 11) is 0. The number of halogens is 1. The first-order chi connectivity index (χ1) is 11.5. The number of carbonyl (C=O) groups excluding carboxylic acids is 1. The lowest BCUT2D eigenvalue weighted by molar-refractivity contribution is 0.0860. The largest absolute Gasteiger partial charge is 0.286 e. The van der Waals surface area contributed by atoms with Crippen LogP contribution < -0.4 is 0 Å². The lowest BCUT2D eigenvalue weighted by Crippen LogP contribution is -2.33. The molecule has 3 nitrogen and oxygen atoms in total. The van der Waals surface area contributed by atoms with Crippen LogP contribution in [0.1, 0.15) is 27.0 Å². The zero-order chi connectivity index (χ0) is 17.1. The van der Waals surface area contributed by atoms with Gasteiger partial charge in [0.1, 0.15) is 5.82 Å². The lowest BCUT2D eigenvalue weighted by Gasteiger charge is -2.18. The van der Waals surface area contributed by atoms with Gasteiger partial charge in [-0.25, -0.2) is 4.39 Å². The van der Waals surface area contributed by atoms with Crippen molar-refractivity contribution in [3.63, 3.8) is 0 Å². The van der Waals surface area contributed by atoms with Gasteiger partial charge in [0.2, 0.25) is 0 Å². The van der Waals surface area contributed by atoms with Gasteiger partial charge < -0.3 is 0 Å². The second kappa shape index (κ2) is 7.18. The Morgan fingerprint density at radius 1 is 1.21 bits per heavy atom. The van der Waals surface area contributed by atoms with Gasteiger partial charge >= 0.3 is 0 Å². The van der Waals surface area contributed by atoms with Crippen molar-refractivity contribution in [1.82, 2.24) is 4.90 Å². The lowest BCUT2D eigenvalue weighted by atomic mass is 10.1. The van der Waals surface area contributed by atoms with Crippen LogP contribution in [-0.4, -0.2) is 29.1 Å². The van der Waals surface area contributed by atoms with Crippen LogP contribution in [-0.2, 0) is 5.75 Å². The van der Waals surface area contributed by atoms with Gasteiger partial charge in [-0.3, -0.25) is 14.7 Å². The summed E-state index contributed by atoms with van der Waals surface area (Å²) >= 11 is 1.47. The van der Waals surface area contributed by atoms with E-state index in [1.165, 1.54) is 23.9 Å². The molecule has 0 fully saturated rings. The van der Waals surface area contributed by atoms with Gasteiger partial charge in [-0.2, -0.15) is 0 Å². The summed E-state index contributed by atoms with van der Waals surface area (Å²) in [4.78, 5) is 19.0. The first kappa shape index (κ1) is 16.7. The van der Waals surface area contributed by atoms with E-state index >= 15 is 0 Å². The molecule has 2 aromatic carbocycles. The molecule has 0 N–H and O–H groups in total. The summed E-state index contributed by atoms with van der Waals surface area (Å²) in [5.41, 5.74) is 3.72. The Balaban J connectivity index is 1.71. The first-order valence-corrected chi connectivity index (χ1v) is 8.83. The molecule has 0 saturated carbocycles. The quantitative estimate of drug-likeness (QED) is 0.838. The number of aryl methyl sites for hydroxylation is 2. The normalized spacial score (nSPS) is 14.0. The molecule has 0 atom stereocenters. The highest BCUT2D eigenvalue weighted by molar-refractivity contribution is 8.13. The Morgan fingerprint density at radius 2 is 1.96 bits per heavy atom. The number of benzene rings is 2. The number of nitrogens with zero attached hydrogens (tertiary/aromatic N) is 2. The highest BCUT2D eigenvalue weighted by Crippen LogP contribution is 2.22. The van der Waals surface area contributed by atoms with Crippen molar-refractivity contribution < 1.29 is 9.18 Å². The fourth-order valence-corrected chi connectivity index (χ4v) is 3.76. The molecule has 124 valence electrons. The summed E-state index contributed by atoms with van der Waals surface area (Å²) < 4.78 is 13.3. The van der Waals surface area contributed by atoms with Gasteiger partial charge in [0, 0.05) is 17.9 Å². The van der Waals surface area contributed by atoms with Crippen molar-refractivity contribution in [3.05, 3.63) is 70.5 Å². The number of carbonyl (C=O) groups is 1. The predicted molar refractivity (Wildman–Crippen MR) is 96.9 cm³/mol. The van der Waals surface area contributed by atoms with E-state index in [4.69, 9.17) is 0 Å². The zero-order valence-corrected chi connectivity index (χ0v) is 14.6. The fourth-order valence-electron chi connectivity index (χ4n) is 2.77. The van der Waals surface area contributed by atoms with E-state index < -0.39 is 0 Å². The van der Waals surface area contributed by atoms with E-state index in [2.05, 4.69) is 11.1 Å². The molecular formula is C19H19FN2OS. The maximum Gasteiger partial charge on any atom is 0.259 e. The third kappa shape index (κ3) is 3.85. The molecule has 0 unspecified atom stereocenters. The molecule has 24 heavy (non-hydrogen) atoms. The van der Waals surface area contributed by atoms with E-state index in [-0.39, 0.29) is 11.7 Å². The average molecular weight is 342 g/mol. The molecule has 1 aliphatic heterocycles. The van der Waals surface area contributed by atoms with E-state index in [9.17, 15) is 9.18 Å². The fraction of sp³-hybridized carbons (Fsp3) is 0.263. The van der Waals surface area contributed by atoms with Crippen LogP contribution in [0.4, 0.5) is 4.39 Å². The maximum atomic E-state index is 13.3. The Kier molecular flexibility index (Phi) is 5.00. The zero-order valence-electron chi connectivity index (χ0n) is 13.8. The van der Waals surface area contributed by atoms with Crippen molar-refractivity contribution in [3.8, 4) is 0 Å². The molecule has 1 amide bonds. The highest BCUT2D eigenvalue weighted by Gasteiger charge is 2.25. The van der Waals surface area contributed by atoms with Crippen molar-refractivity contribution in [2.24, 2.45) is 4.99 Å². The molecule has 0 radical (unpaired) electrons. The Bertz CT molecular complexity index is 783. The average Bonchev–Trinajstić information content (AvgIpc) is 3.00. The summed E-state index contributed by atoms with van der Waals surface area (Å²) in [5, 5.41) is 0.712. The number of amidine groups is 1. The molecule has 0 saturated heterocycles. The second-order valence-electron chi connectivity index (χ2n) is 5.92. The minimum absolute atomic E-state index is 0.0233. The first-order valence-electron chi connectivity index (χ1n) is 7.85. The van der Waals surface area contributed by atoms with Crippen LogP contribution >= 0.6 is 11.8 Å². The third-order valence-electron chi connectivity index (χ3n) is 3.77. The smallest absolute Gasteiger partial charge is 0.259 e. The second-order valence-corrected chi connectivity index (χ2v) is 6.86. The molecule has 3 rings (SSSR count). The minimum atomic E-state index is -0.246. The van der Waals surface area contributed by atoms with Gasteiger partial charge in [-0.1, -0.05) is 41.1 Å².